The smallest absolute Gasteiger partial charge is 0.283 e. The van der Waals surface area contributed by atoms with Crippen LogP contribution in [-0.2, 0) is 11.3 Å². The number of thioether (sulfide) groups is 1. The Labute approximate surface area is 223 Å². The molecule has 38 heavy (non-hydrogen) atoms. The Balaban J connectivity index is 1.45. The summed E-state index contributed by atoms with van der Waals surface area (Å²) in [5.41, 5.74) is 4.07. The molecule has 0 saturated heterocycles. The fourth-order valence-corrected chi connectivity index (χ4v) is 4.89. The Kier molecular flexibility index (Phi) is 7.46. The molecule has 0 aliphatic heterocycles. The number of methoxy groups -OCH3 is 2. The quantitative estimate of drug-likeness (QED) is 0.211. The molecule has 0 aliphatic carbocycles. The van der Waals surface area contributed by atoms with Crippen molar-refractivity contribution >= 4 is 28.7 Å². The van der Waals surface area contributed by atoms with E-state index in [2.05, 4.69) is 10.3 Å². The van der Waals surface area contributed by atoms with Crippen LogP contribution in [0.25, 0.3) is 27.8 Å². The lowest BCUT2D eigenvalue weighted by molar-refractivity contribution is -0.118. The van der Waals surface area contributed by atoms with E-state index < -0.39 is 0 Å². The maximum absolute atomic E-state index is 13.7. The van der Waals surface area contributed by atoms with Crippen molar-refractivity contribution in [3.63, 3.8) is 0 Å². The van der Waals surface area contributed by atoms with Crippen molar-refractivity contribution in [1.82, 2.24) is 19.9 Å². The molecule has 8 nitrogen and oxygen atoms in total. The average Bonchev–Trinajstić information content (AvgIpc) is 3.40. The third kappa shape index (κ3) is 5.28. The van der Waals surface area contributed by atoms with Gasteiger partial charge in [-0.3, -0.25) is 14.2 Å². The number of hydrogen-bond donors (Lipinski definition) is 2. The van der Waals surface area contributed by atoms with E-state index in [0.717, 1.165) is 22.4 Å². The normalized spacial score (nSPS) is 10.9. The standard InChI is InChI=1S/C29H26N4O4S/c1-36-22-12-8-19(9-13-22)16-30-25(34)18-38-29-32-26-24(20-6-4-3-5-7-20)17-31-27(26)28(35)33(29)21-10-14-23(37-2)15-11-21/h3-15,17,31H,16,18H2,1-2H3,(H,30,34). The summed E-state index contributed by atoms with van der Waals surface area (Å²) >= 11 is 1.21. The number of hydrogen-bond acceptors (Lipinski definition) is 6. The molecule has 2 N–H and O–H groups in total. The molecule has 2 heterocycles. The van der Waals surface area contributed by atoms with Crippen molar-refractivity contribution in [3.05, 3.63) is 101 Å². The maximum atomic E-state index is 13.7. The zero-order valence-electron chi connectivity index (χ0n) is 20.9. The summed E-state index contributed by atoms with van der Waals surface area (Å²) < 4.78 is 12.0. The number of amides is 1. The molecule has 0 spiro atoms. The molecule has 0 aliphatic rings. The summed E-state index contributed by atoms with van der Waals surface area (Å²) in [6, 6.07) is 24.4. The van der Waals surface area contributed by atoms with Crippen LogP contribution >= 0.6 is 11.8 Å². The molecule has 5 aromatic rings. The van der Waals surface area contributed by atoms with E-state index in [4.69, 9.17) is 14.5 Å². The predicted molar refractivity (Wildman–Crippen MR) is 149 cm³/mol. The highest BCUT2D eigenvalue weighted by molar-refractivity contribution is 7.99. The number of aromatic nitrogens is 3. The van der Waals surface area contributed by atoms with Crippen LogP contribution in [0.4, 0.5) is 0 Å². The summed E-state index contributed by atoms with van der Waals surface area (Å²) in [6.07, 6.45) is 1.79. The van der Waals surface area contributed by atoms with Gasteiger partial charge in [0, 0.05) is 18.3 Å². The van der Waals surface area contributed by atoms with Gasteiger partial charge in [0.25, 0.3) is 5.56 Å². The lowest BCUT2D eigenvalue weighted by Gasteiger charge is -2.13. The van der Waals surface area contributed by atoms with Gasteiger partial charge < -0.3 is 19.8 Å². The number of H-pyrrole nitrogens is 1. The Hall–Kier alpha value is -4.50. The monoisotopic (exact) mass is 526 g/mol. The number of fused-ring (bicyclic) bond motifs is 1. The topological polar surface area (TPSA) is 98.2 Å². The number of ether oxygens (including phenoxy) is 2. The number of benzene rings is 3. The molecule has 1 amide bonds. The van der Waals surface area contributed by atoms with Gasteiger partial charge in [-0.15, -0.1) is 0 Å². The second-order valence-corrected chi connectivity index (χ2v) is 9.38. The number of carbonyl (C=O) groups is 1. The minimum Gasteiger partial charge on any atom is -0.497 e. The summed E-state index contributed by atoms with van der Waals surface area (Å²) in [6.45, 7) is 0.386. The van der Waals surface area contributed by atoms with Crippen LogP contribution < -0.4 is 20.3 Å². The van der Waals surface area contributed by atoms with Crippen LogP contribution in [0.15, 0.2) is 95.0 Å². The van der Waals surface area contributed by atoms with Crippen molar-refractivity contribution in [2.24, 2.45) is 0 Å². The average molecular weight is 527 g/mol. The molecule has 9 heteroatoms. The van der Waals surface area contributed by atoms with Gasteiger partial charge in [0.1, 0.15) is 22.5 Å². The van der Waals surface area contributed by atoms with Crippen molar-refractivity contribution in [1.29, 1.82) is 0 Å². The van der Waals surface area contributed by atoms with Crippen molar-refractivity contribution in [3.8, 4) is 28.3 Å². The second kappa shape index (κ2) is 11.3. The molecule has 0 fully saturated rings. The van der Waals surface area contributed by atoms with Gasteiger partial charge in [0.15, 0.2) is 5.16 Å². The highest BCUT2D eigenvalue weighted by Crippen LogP contribution is 2.29. The van der Waals surface area contributed by atoms with Crippen molar-refractivity contribution in [2.75, 3.05) is 20.0 Å². The minimum atomic E-state index is -0.247. The first-order chi connectivity index (χ1) is 18.6. The SMILES string of the molecule is COc1ccc(CNC(=O)CSc2nc3c(-c4ccccc4)c[nH]c3c(=O)n2-c2ccc(OC)cc2)cc1. The van der Waals surface area contributed by atoms with E-state index in [1.54, 1.807) is 44.7 Å². The van der Waals surface area contributed by atoms with Gasteiger partial charge in [-0.1, -0.05) is 54.2 Å². The molecule has 0 saturated carbocycles. The Morgan fingerprint density at radius 1 is 0.947 bits per heavy atom. The Bertz CT molecular complexity index is 1610. The van der Waals surface area contributed by atoms with E-state index in [0.29, 0.717) is 34.2 Å². The Morgan fingerprint density at radius 2 is 1.61 bits per heavy atom. The van der Waals surface area contributed by atoms with Crippen LogP contribution in [0.5, 0.6) is 11.5 Å². The van der Waals surface area contributed by atoms with Crippen LogP contribution in [0.1, 0.15) is 5.56 Å². The molecular formula is C29H26N4O4S. The zero-order chi connectivity index (χ0) is 26.5. The number of nitrogens with zero attached hydrogens (tertiary/aromatic N) is 2. The molecule has 0 radical (unpaired) electrons. The van der Waals surface area contributed by atoms with E-state index in [-0.39, 0.29) is 17.2 Å². The molecule has 5 rings (SSSR count). The molecular weight excluding hydrogens is 500 g/mol. The van der Waals surface area contributed by atoms with Gasteiger partial charge in [0.05, 0.1) is 25.7 Å². The fourth-order valence-electron chi connectivity index (χ4n) is 4.06. The van der Waals surface area contributed by atoms with E-state index in [1.165, 1.54) is 16.3 Å². The van der Waals surface area contributed by atoms with Gasteiger partial charge in [-0.25, -0.2) is 4.98 Å². The van der Waals surface area contributed by atoms with Crippen molar-refractivity contribution < 1.29 is 14.3 Å². The maximum Gasteiger partial charge on any atom is 0.283 e. The van der Waals surface area contributed by atoms with E-state index >= 15 is 0 Å². The number of rotatable bonds is 9. The summed E-state index contributed by atoms with van der Waals surface area (Å²) in [5, 5.41) is 3.35. The van der Waals surface area contributed by atoms with Gasteiger partial charge in [-0.05, 0) is 47.5 Å². The fraction of sp³-hybridized carbons (Fsp3) is 0.138. The molecule has 192 valence electrons. The molecule has 3 aromatic carbocycles. The molecule has 0 unspecified atom stereocenters. The van der Waals surface area contributed by atoms with Crippen LogP contribution in [0.3, 0.4) is 0 Å². The first kappa shape index (κ1) is 25.2. The minimum absolute atomic E-state index is 0.0926. The molecule has 0 atom stereocenters. The summed E-state index contributed by atoms with van der Waals surface area (Å²) in [7, 11) is 3.20. The highest BCUT2D eigenvalue weighted by atomic mass is 32.2. The highest BCUT2D eigenvalue weighted by Gasteiger charge is 2.19. The first-order valence-corrected chi connectivity index (χ1v) is 12.9. The van der Waals surface area contributed by atoms with E-state index in [1.807, 2.05) is 54.6 Å². The van der Waals surface area contributed by atoms with E-state index in [9.17, 15) is 9.59 Å². The molecule has 0 bridgehead atoms. The number of nitrogens with one attached hydrogen (secondary N) is 2. The third-order valence-electron chi connectivity index (χ3n) is 6.06. The van der Waals surface area contributed by atoms with Crippen LogP contribution in [0, 0.1) is 0 Å². The summed E-state index contributed by atoms with van der Waals surface area (Å²) in [4.78, 5) is 34.4. The van der Waals surface area contributed by atoms with Gasteiger partial charge in [-0.2, -0.15) is 0 Å². The largest absolute Gasteiger partial charge is 0.497 e. The lowest BCUT2D eigenvalue weighted by atomic mass is 10.1. The molecule has 2 aromatic heterocycles. The Morgan fingerprint density at radius 3 is 2.26 bits per heavy atom. The van der Waals surface area contributed by atoms with Crippen LogP contribution in [-0.4, -0.2) is 40.4 Å². The van der Waals surface area contributed by atoms with Crippen LogP contribution in [0.2, 0.25) is 0 Å². The zero-order valence-corrected chi connectivity index (χ0v) is 21.7. The van der Waals surface area contributed by atoms with Gasteiger partial charge in [0.2, 0.25) is 5.91 Å². The number of carbonyl (C=O) groups excluding carboxylic acids is 1. The number of aromatic amines is 1. The second-order valence-electron chi connectivity index (χ2n) is 8.44. The predicted octanol–water partition coefficient (Wildman–Crippen LogP) is 4.81. The van der Waals surface area contributed by atoms with Gasteiger partial charge >= 0.3 is 0 Å². The summed E-state index contributed by atoms with van der Waals surface area (Å²) in [5.74, 6) is 1.36. The lowest BCUT2D eigenvalue weighted by Crippen LogP contribution is -2.26. The van der Waals surface area contributed by atoms with Crippen molar-refractivity contribution in [2.45, 2.75) is 11.7 Å². The third-order valence-corrected chi connectivity index (χ3v) is 7.00. The first-order valence-electron chi connectivity index (χ1n) is 11.9.